The van der Waals surface area contributed by atoms with Gasteiger partial charge in [0, 0.05) is 17.0 Å². The lowest BCUT2D eigenvalue weighted by Crippen LogP contribution is -2.10. The summed E-state index contributed by atoms with van der Waals surface area (Å²) < 4.78 is 0. The third-order valence-corrected chi connectivity index (χ3v) is 4.22. The Hall–Kier alpha value is -1.50. The monoisotopic (exact) mass is 338 g/mol. The molecule has 0 atom stereocenters. The second-order valence-corrected chi connectivity index (χ2v) is 6.34. The van der Waals surface area contributed by atoms with Gasteiger partial charge in [0.25, 0.3) is 0 Å². The van der Waals surface area contributed by atoms with Gasteiger partial charge in [0.05, 0.1) is 0 Å². The van der Waals surface area contributed by atoms with Gasteiger partial charge in [-0.05, 0) is 31.5 Å². The predicted molar refractivity (Wildman–Crippen MR) is 91.1 cm³/mol. The second-order valence-electron chi connectivity index (χ2n) is 4.92. The van der Waals surface area contributed by atoms with Gasteiger partial charge in [0.15, 0.2) is 0 Å². The molecule has 1 aromatic heterocycles. The van der Waals surface area contributed by atoms with Gasteiger partial charge < -0.3 is 11.1 Å². The Bertz CT molecular complexity index is 617. The molecule has 0 radical (unpaired) electrons. The van der Waals surface area contributed by atoms with Crippen molar-refractivity contribution in [3.63, 3.8) is 0 Å². The number of halogens is 1. The number of carbonyl (C=O) groups excluding carboxylic acids is 1. The number of anilines is 1. The van der Waals surface area contributed by atoms with E-state index in [0.29, 0.717) is 23.1 Å². The predicted octanol–water partition coefficient (Wildman–Crippen LogP) is 3.71. The van der Waals surface area contributed by atoms with Gasteiger partial charge >= 0.3 is 0 Å². The van der Waals surface area contributed by atoms with Crippen molar-refractivity contribution >= 4 is 34.0 Å². The number of aromatic nitrogens is 2. The van der Waals surface area contributed by atoms with Crippen LogP contribution in [0.25, 0.3) is 10.6 Å². The van der Waals surface area contributed by atoms with E-state index in [4.69, 9.17) is 17.3 Å². The summed E-state index contributed by atoms with van der Waals surface area (Å²) in [6.45, 7) is 0.712. The third-order valence-electron chi connectivity index (χ3n) is 3.10. The van der Waals surface area contributed by atoms with Crippen molar-refractivity contribution in [1.29, 1.82) is 0 Å². The van der Waals surface area contributed by atoms with Gasteiger partial charge in [-0.1, -0.05) is 47.9 Å². The molecule has 0 saturated heterocycles. The van der Waals surface area contributed by atoms with Crippen molar-refractivity contribution in [1.82, 2.24) is 10.2 Å². The number of unbranched alkanes of at least 4 members (excludes halogenated alkanes) is 3. The molecule has 22 heavy (non-hydrogen) atoms. The SMILES string of the molecule is NCCCCCCC(=O)Nc1nnc(-c2cccc(Cl)c2)s1. The molecule has 0 aliphatic rings. The molecule has 1 amide bonds. The van der Waals surface area contributed by atoms with Crippen LogP contribution in [0.2, 0.25) is 5.02 Å². The Morgan fingerprint density at radius 3 is 2.82 bits per heavy atom. The van der Waals surface area contributed by atoms with Crippen LogP contribution in [0.1, 0.15) is 32.1 Å². The van der Waals surface area contributed by atoms with Crippen molar-refractivity contribution in [3.05, 3.63) is 29.3 Å². The van der Waals surface area contributed by atoms with Crippen LogP contribution >= 0.6 is 22.9 Å². The molecule has 0 saturated carbocycles. The summed E-state index contributed by atoms with van der Waals surface area (Å²) in [5.74, 6) is -0.0263. The minimum atomic E-state index is -0.0263. The number of rotatable bonds is 8. The fourth-order valence-electron chi connectivity index (χ4n) is 1.98. The quantitative estimate of drug-likeness (QED) is 0.719. The Morgan fingerprint density at radius 1 is 1.23 bits per heavy atom. The molecule has 7 heteroatoms. The number of carbonyl (C=O) groups is 1. The highest BCUT2D eigenvalue weighted by atomic mass is 35.5. The zero-order valence-electron chi connectivity index (χ0n) is 12.2. The van der Waals surface area contributed by atoms with Crippen molar-refractivity contribution in [3.8, 4) is 10.6 Å². The van der Waals surface area contributed by atoms with E-state index < -0.39 is 0 Å². The van der Waals surface area contributed by atoms with E-state index in [9.17, 15) is 4.79 Å². The zero-order valence-corrected chi connectivity index (χ0v) is 13.8. The van der Waals surface area contributed by atoms with Crippen LogP contribution < -0.4 is 11.1 Å². The maximum atomic E-state index is 11.8. The minimum absolute atomic E-state index is 0.0263. The number of hydrogen-bond acceptors (Lipinski definition) is 5. The molecule has 0 spiro atoms. The van der Waals surface area contributed by atoms with E-state index in [0.717, 1.165) is 36.3 Å². The fraction of sp³-hybridized carbons (Fsp3) is 0.400. The summed E-state index contributed by atoms with van der Waals surface area (Å²) >= 11 is 7.30. The molecule has 3 N–H and O–H groups in total. The second kappa shape index (κ2) is 8.82. The molecular formula is C15H19ClN4OS. The first kappa shape index (κ1) is 16.9. The van der Waals surface area contributed by atoms with E-state index in [1.54, 1.807) is 6.07 Å². The Balaban J connectivity index is 1.83. The molecule has 2 aromatic rings. The smallest absolute Gasteiger partial charge is 0.226 e. The molecule has 5 nitrogen and oxygen atoms in total. The first-order chi connectivity index (χ1) is 10.7. The van der Waals surface area contributed by atoms with Gasteiger partial charge in [-0.3, -0.25) is 4.79 Å². The molecule has 0 bridgehead atoms. The first-order valence-electron chi connectivity index (χ1n) is 7.28. The van der Waals surface area contributed by atoms with E-state index in [-0.39, 0.29) is 5.91 Å². The molecule has 0 aliphatic heterocycles. The number of nitrogens with two attached hydrogens (primary N) is 1. The molecule has 0 aliphatic carbocycles. The Labute approximate surface area is 138 Å². The van der Waals surface area contributed by atoms with Crippen molar-refractivity contribution in [2.24, 2.45) is 5.73 Å². The standard InChI is InChI=1S/C15H19ClN4OS/c16-12-7-5-6-11(10-12)14-19-20-15(22-14)18-13(21)8-3-1-2-4-9-17/h5-7,10H,1-4,8-9,17H2,(H,18,20,21). The number of benzene rings is 1. The molecule has 1 aromatic carbocycles. The Kier molecular flexibility index (Phi) is 6.76. The summed E-state index contributed by atoms with van der Waals surface area (Å²) in [6, 6.07) is 7.40. The average molecular weight is 339 g/mol. The topological polar surface area (TPSA) is 80.9 Å². The van der Waals surface area contributed by atoms with Gasteiger partial charge in [-0.2, -0.15) is 0 Å². The lowest BCUT2D eigenvalue weighted by Gasteiger charge is -2.01. The molecule has 0 unspecified atom stereocenters. The van der Waals surface area contributed by atoms with Gasteiger partial charge in [-0.15, -0.1) is 10.2 Å². The lowest BCUT2D eigenvalue weighted by molar-refractivity contribution is -0.116. The van der Waals surface area contributed by atoms with E-state index in [1.807, 2.05) is 18.2 Å². The highest BCUT2D eigenvalue weighted by Gasteiger charge is 2.09. The summed E-state index contributed by atoms with van der Waals surface area (Å²) in [5, 5.41) is 12.8. The summed E-state index contributed by atoms with van der Waals surface area (Å²) in [4.78, 5) is 11.8. The minimum Gasteiger partial charge on any atom is -0.330 e. The van der Waals surface area contributed by atoms with Crippen molar-refractivity contribution < 1.29 is 4.79 Å². The summed E-state index contributed by atoms with van der Waals surface area (Å²) in [6.07, 6.45) is 4.47. The molecule has 1 heterocycles. The van der Waals surface area contributed by atoms with Crippen LogP contribution in [-0.2, 0) is 4.79 Å². The van der Waals surface area contributed by atoms with E-state index in [1.165, 1.54) is 11.3 Å². The van der Waals surface area contributed by atoms with Crippen LogP contribution in [0.5, 0.6) is 0 Å². The molecular weight excluding hydrogens is 320 g/mol. The highest BCUT2D eigenvalue weighted by molar-refractivity contribution is 7.18. The number of nitrogens with one attached hydrogen (secondary N) is 1. The van der Waals surface area contributed by atoms with E-state index in [2.05, 4.69) is 15.5 Å². The van der Waals surface area contributed by atoms with Crippen LogP contribution in [0.4, 0.5) is 5.13 Å². The van der Waals surface area contributed by atoms with Crippen molar-refractivity contribution in [2.75, 3.05) is 11.9 Å². The zero-order chi connectivity index (χ0) is 15.8. The molecule has 118 valence electrons. The average Bonchev–Trinajstić information content (AvgIpc) is 2.95. The number of hydrogen-bond donors (Lipinski definition) is 2. The van der Waals surface area contributed by atoms with E-state index >= 15 is 0 Å². The lowest BCUT2D eigenvalue weighted by atomic mass is 10.1. The maximum Gasteiger partial charge on any atom is 0.226 e. The molecule has 0 fully saturated rings. The number of nitrogens with zero attached hydrogens (tertiary/aromatic N) is 2. The van der Waals surface area contributed by atoms with Gasteiger partial charge in [0.2, 0.25) is 11.0 Å². The normalized spacial score (nSPS) is 10.6. The summed E-state index contributed by atoms with van der Waals surface area (Å²) in [5.41, 5.74) is 6.33. The van der Waals surface area contributed by atoms with Crippen LogP contribution in [0.3, 0.4) is 0 Å². The van der Waals surface area contributed by atoms with Crippen LogP contribution in [0.15, 0.2) is 24.3 Å². The Morgan fingerprint density at radius 2 is 2.05 bits per heavy atom. The van der Waals surface area contributed by atoms with Gasteiger partial charge in [-0.25, -0.2) is 0 Å². The number of amides is 1. The largest absolute Gasteiger partial charge is 0.330 e. The van der Waals surface area contributed by atoms with Crippen LogP contribution in [0, 0.1) is 0 Å². The van der Waals surface area contributed by atoms with Gasteiger partial charge in [0.1, 0.15) is 5.01 Å². The molecule has 2 rings (SSSR count). The van der Waals surface area contributed by atoms with Crippen molar-refractivity contribution in [2.45, 2.75) is 32.1 Å². The highest BCUT2D eigenvalue weighted by Crippen LogP contribution is 2.28. The van der Waals surface area contributed by atoms with Crippen LogP contribution in [-0.4, -0.2) is 22.6 Å². The first-order valence-corrected chi connectivity index (χ1v) is 8.48. The third kappa shape index (κ3) is 5.36. The fourth-order valence-corrected chi connectivity index (χ4v) is 2.92. The maximum absolute atomic E-state index is 11.8. The summed E-state index contributed by atoms with van der Waals surface area (Å²) in [7, 11) is 0.